The van der Waals surface area contributed by atoms with Crippen molar-refractivity contribution in [3.8, 4) is 0 Å². The van der Waals surface area contributed by atoms with Gasteiger partial charge in [0.05, 0.1) is 5.41 Å². The lowest BCUT2D eigenvalue weighted by molar-refractivity contribution is 0.555. The third-order valence-electron chi connectivity index (χ3n) is 11.1. The second-order valence-electron chi connectivity index (χ2n) is 14.7. The number of rotatable bonds is 26. The van der Waals surface area contributed by atoms with Crippen LogP contribution in [0.2, 0.25) is 0 Å². The summed E-state index contributed by atoms with van der Waals surface area (Å²) >= 11 is 0. The average Bonchev–Trinajstić information content (AvgIpc) is 3.18. The molecule has 4 aromatic rings. The molecule has 4 rings (SSSR count). The Bertz CT molecular complexity index is 1360. The number of hydrogen-bond acceptors (Lipinski definition) is 2. The van der Waals surface area contributed by atoms with Gasteiger partial charge in [0.2, 0.25) is 0 Å². The molecule has 276 valence electrons. The van der Waals surface area contributed by atoms with Gasteiger partial charge in [0, 0.05) is 37.6 Å². The Morgan fingerprint density at radius 1 is 0.333 bits per heavy atom. The number of nitrogens with zero attached hydrogens (tertiary/aromatic N) is 2. The summed E-state index contributed by atoms with van der Waals surface area (Å²) in [6.45, 7) is 13.4. The van der Waals surface area contributed by atoms with Crippen molar-refractivity contribution in [3.63, 3.8) is 0 Å². The highest BCUT2D eigenvalue weighted by molar-refractivity contribution is 5.63. The van der Waals surface area contributed by atoms with Gasteiger partial charge in [0.15, 0.2) is 0 Å². The first-order valence-corrected chi connectivity index (χ1v) is 21.0. The number of unbranched alkanes of at least 4 members (excludes halogenated alkanes) is 14. The Morgan fingerprint density at radius 2 is 0.647 bits per heavy atom. The van der Waals surface area contributed by atoms with Crippen LogP contribution >= 0.6 is 0 Å². The highest BCUT2D eigenvalue weighted by Crippen LogP contribution is 2.46. The van der Waals surface area contributed by atoms with Crippen molar-refractivity contribution in [1.82, 2.24) is 0 Å². The second-order valence-corrected chi connectivity index (χ2v) is 14.7. The fourth-order valence-electron chi connectivity index (χ4n) is 8.05. The molecule has 4 aromatic carbocycles. The van der Waals surface area contributed by atoms with Gasteiger partial charge in [-0.15, -0.1) is 0 Å². The van der Waals surface area contributed by atoms with E-state index in [1.807, 2.05) is 0 Å². The molecule has 0 N–H and O–H groups in total. The first-order valence-electron chi connectivity index (χ1n) is 21.0. The van der Waals surface area contributed by atoms with Crippen LogP contribution < -0.4 is 9.80 Å². The number of anilines is 2. The quantitative estimate of drug-likeness (QED) is 0.0479. The maximum Gasteiger partial charge on any atom is 0.0701 e. The van der Waals surface area contributed by atoms with Gasteiger partial charge in [-0.3, -0.25) is 0 Å². The molecule has 0 atom stereocenters. The van der Waals surface area contributed by atoms with Crippen molar-refractivity contribution in [2.75, 3.05) is 36.0 Å². The fraction of sp³-hybridized carbons (Fsp3) is 0.510. The van der Waals surface area contributed by atoms with Gasteiger partial charge in [-0.25, -0.2) is 0 Å². The largest absolute Gasteiger partial charge is 0.372 e. The van der Waals surface area contributed by atoms with E-state index in [0.717, 1.165) is 26.2 Å². The Morgan fingerprint density at radius 3 is 1.00 bits per heavy atom. The molecule has 0 bridgehead atoms. The summed E-state index contributed by atoms with van der Waals surface area (Å²) in [5.74, 6) is 0. The van der Waals surface area contributed by atoms with E-state index in [-0.39, 0.29) is 0 Å². The normalized spacial score (nSPS) is 11.5. The summed E-state index contributed by atoms with van der Waals surface area (Å²) < 4.78 is 0. The van der Waals surface area contributed by atoms with E-state index >= 15 is 0 Å². The molecule has 51 heavy (non-hydrogen) atoms. The first-order chi connectivity index (χ1) is 25.2. The van der Waals surface area contributed by atoms with Crippen LogP contribution in [0.1, 0.15) is 153 Å². The van der Waals surface area contributed by atoms with Gasteiger partial charge in [0.1, 0.15) is 0 Å². The average molecular weight is 687 g/mol. The predicted octanol–water partition coefficient (Wildman–Crippen LogP) is 14.0. The molecular weight excluding hydrogens is 617 g/mol. The molecule has 2 nitrogen and oxygen atoms in total. The second kappa shape index (κ2) is 23.1. The van der Waals surface area contributed by atoms with Crippen LogP contribution in [0.4, 0.5) is 11.4 Å². The first kappa shape index (κ1) is 40.3. The molecular formula is C49H70N2. The van der Waals surface area contributed by atoms with Gasteiger partial charge >= 0.3 is 0 Å². The van der Waals surface area contributed by atoms with Gasteiger partial charge in [-0.05, 0) is 73.2 Å². The monoisotopic (exact) mass is 687 g/mol. The smallest absolute Gasteiger partial charge is 0.0701 e. The van der Waals surface area contributed by atoms with Crippen LogP contribution in [0.5, 0.6) is 0 Å². The van der Waals surface area contributed by atoms with E-state index in [2.05, 4.69) is 147 Å². The molecule has 0 aliphatic rings. The molecule has 0 aliphatic carbocycles. The molecule has 0 fully saturated rings. The summed E-state index contributed by atoms with van der Waals surface area (Å²) in [6, 6.07) is 41.4. The van der Waals surface area contributed by atoms with E-state index in [1.165, 1.54) is 136 Å². The Kier molecular flexibility index (Phi) is 18.3. The molecule has 0 heterocycles. The third kappa shape index (κ3) is 11.7. The Hall–Kier alpha value is -3.52. The van der Waals surface area contributed by atoms with Gasteiger partial charge < -0.3 is 9.80 Å². The zero-order valence-electron chi connectivity index (χ0n) is 32.9. The summed E-state index contributed by atoms with van der Waals surface area (Å²) in [5.41, 5.74) is 7.45. The molecule has 0 amide bonds. The minimum Gasteiger partial charge on any atom is -0.372 e. The molecule has 0 saturated carbocycles. The molecule has 0 spiro atoms. The van der Waals surface area contributed by atoms with Crippen molar-refractivity contribution in [1.29, 1.82) is 0 Å². The number of benzene rings is 4. The van der Waals surface area contributed by atoms with Crippen LogP contribution in [0, 0.1) is 0 Å². The zero-order chi connectivity index (χ0) is 36.0. The fourth-order valence-corrected chi connectivity index (χ4v) is 8.05. The summed E-state index contributed by atoms with van der Waals surface area (Å²) in [6.07, 6.45) is 21.8. The standard InChI is InChI=1S/C49H70N2/c1-5-9-11-13-15-17-19-27-41-51(42-28-20-18-16-14-12-10-6-2)48-39-35-46(36-40-48)49(43-29-23-21-24-30-43,44-31-25-22-26-32-44)45-33-37-47(38-34-45)50(7-3)8-4/h21-26,29-40H,5-20,27-28,41-42H2,1-4H3. The SMILES string of the molecule is CCCCCCCCCCN(CCCCCCCCCC)c1ccc(C(c2ccccc2)(c2ccccc2)c2ccc(N(CC)CC)cc2)cc1. The lowest BCUT2D eigenvalue weighted by Crippen LogP contribution is -2.31. The maximum atomic E-state index is 2.70. The maximum absolute atomic E-state index is 2.70. The van der Waals surface area contributed by atoms with E-state index < -0.39 is 5.41 Å². The zero-order valence-corrected chi connectivity index (χ0v) is 32.9. The van der Waals surface area contributed by atoms with Crippen LogP contribution in [-0.2, 0) is 5.41 Å². The van der Waals surface area contributed by atoms with E-state index in [1.54, 1.807) is 0 Å². The van der Waals surface area contributed by atoms with Crippen molar-refractivity contribution >= 4 is 11.4 Å². The summed E-state index contributed by atoms with van der Waals surface area (Å²) in [4.78, 5) is 5.13. The van der Waals surface area contributed by atoms with E-state index in [0.29, 0.717) is 0 Å². The number of hydrogen-bond donors (Lipinski definition) is 0. The molecule has 0 aliphatic heterocycles. The molecule has 0 aromatic heterocycles. The predicted molar refractivity (Wildman–Crippen MR) is 226 cm³/mol. The highest BCUT2D eigenvalue weighted by atomic mass is 15.1. The van der Waals surface area contributed by atoms with E-state index in [4.69, 9.17) is 0 Å². The summed E-state index contributed by atoms with van der Waals surface area (Å²) in [5, 5.41) is 0. The van der Waals surface area contributed by atoms with Gasteiger partial charge in [0.25, 0.3) is 0 Å². The highest BCUT2D eigenvalue weighted by Gasteiger charge is 2.38. The van der Waals surface area contributed by atoms with Crippen molar-refractivity contribution in [3.05, 3.63) is 131 Å². The van der Waals surface area contributed by atoms with Gasteiger partial charge in [-0.1, -0.05) is 189 Å². The minimum atomic E-state index is -0.427. The Labute approximate surface area is 313 Å². The van der Waals surface area contributed by atoms with Crippen LogP contribution in [0.25, 0.3) is 0 Å². The molecule has 0 radical (unpaired) electrons. The Balaban J connectivity index is 1.62. The van der Waals surface area contributed by atoms with Crippen LogP contribution in [0.15, 0.2) is 109 Å². The third-order valence-corrected chi connectivity index (χ3v) is 11.1. The van der Waals surface area contributed by atoms with Crippen LogP contribution in [-0.4, -0.2) is 26.2 Å². The lowest BCUT2D eigenvalue weighted by Gasteiger charge is -2.37. The van der Waals surface area contributed by atoms with Crippen LogP contribution in [0.3, 0.4) is 0 Å². The molecule has 0 unspecified atom stereocenters. The lowest BCUT2D eigenvalue weighted by atomic mass is 9.65. The molecule has 2 heteroatoms. The summed E-state index contributed by atoms with van der Waals surface area (Å²) in [7, 11) is 0. The van der Waals surface area contributed by atoms with E-state index in [9.17, 15) is 0 Å². The van der Waals surface area contributed by atoms with Gasteiger partial charge in [-0.2, -0.15) is 0 Å². The molecule has 0 saturated heterocycles. The van der Waals surface area contributed by atoms with Crippen molar-refractivity contribution in [2.45, 2.75) is 136 Å². The topological polar surface area (TPSA) is 6.48 Å². The van der Waals surface area contributed by atoms with Crippen molar-refractivity contribution < 1.29 is 0 Å². The minimum absolute atomic E-state index is 0.427. The van der Waals surface area contributed by atoms with Crippen molar-refractivity contribution in [2.24, 2.45) is 0 Å².